The molecule has 0 atom stereocenters. The molecule has 4 heterocycles. The standard InChI is InChI=1S/C28H26Cl2N6O3/c29-20-13-32-14-21(30)24(20)25-19(26(39-35-25)17-1-2-17)15-38-28-8-5-27(6-9-28,7-10-28)16-37-23-4-3-22-33-12-18(11-31)36(22)34-23/h3-4,12-14,17H,1-2,5-10,15-16H2. The first-order chi connectivity index (χ1) is 19.0. The van der Waals surface area contributed by atoms with Gasteiger partial charge >= 0.3 is 0 Å². The summed E-state index contributed by atoms with van der Waals surface area (Å²) in [6, 6.07) is 5.74. The first kappa shape index (κ1) is 24.8. The van der Waals surface area contributed by atoms with E-state index in [9.17, 15) is 5.26 Å². The fourth-order valence-corrected chi connectivity index (χ4v) is 6.63. The summed E-state index contributed by atoms with van der Waals surface area (Å²) >= 11 is 12.9. The van der Waals surface area contributed by atoms with Crippen LogP contribution in [0, 0.1) is 16.7 Å². The van der Waals surface area contributed by atoms with E-state index in [1.165, 1.54) is 10.7 Å². The van der Waals surface area contributed by atoms with Gasteiger partial charge in [0.25, 0.3) is 0 Å². The largest absolute Gasteiger partial charge is 0.476 e. The van der Waals surface area contributed by atoms with Crippen LogP contribution in [-0.2, 0) is 11.3 Å². The molecule has 0 N–H and O–H groups in total. The van der Waals surface area contributed by atoms with Crippen LogP contribution < -0.4 is 4.74 Å². The number of nitrogens with zero attached hydrogens (tertiary/aromatic N) is 6. The molecule has 2 bridgehead atoms. The van der Waals surface area contributed by atoms with E-state index in [4.69, 9.17) is 37.2 Å². The molecule has 8 rings (SSSR count). The highest BCUT2D eigenvalue weighted by molar-refractivity contribution is 6.38. The molecule has 0 aliphatic heterocycles. The van der Waals surface area contributed by atoms with Crippen molar-refractivity contribution in [3.63, 3.8) is 0 Å². The molecular formula is C28H26Cl2N6O3. The smallest absolute Gasteiger partial charge is 0.231 e. The van der Waals surface area contributed by atoms with Crippen molar-refractivity contribution in [2.75, 3.05) is 6.61 Å². The number of ether oxygens (including phenoxy) is 2. The van der Waals surface area contributed by atoms with Gasteiger partial charge in [0.05, 0.1) is 35.1 Å². The van der Waals surface area contributed by atoms with Crippen LogP contribution in [0.4, 0.5) is 0 Å². The lowest BCUT2D eigenvalue weighted by Crippen LogP contribution is -2.49. The predicted octanol–water partition coefficient (Wildman–Crippen LogP) is 6.52. The highest BCUT2D eigenvalue weighted by Gasteiger charge is 2.50. The third-order valence-electron chi connectivity index (χ3n) is 8.69. The SMILES string of the molecule is N#Cc1cnc2ccc(OCC34CCC(OCc5c(-c6c(Cl)cncc6Cl)noc5C5CC5)(CC3)CC4)nn12. The van der Waals surface area contributed by atoms with Crippen molar-refractivity contribution >= 4 is 28.8 Å². The fourth-order valence-electron chi connectivity index (χ4n) is 6.09. The number of imidazole rings is 1. The van der Waals surface area contributed by atoms with Crippen LogP contribution in [-0.4, -0.2) is 36.9 Å². The molecule has 4 fully saturated rings. The zero-order valence-electron chi connectivity index (χ0n) is 21.2. The predicted molar refractivity (Wildman–Crippen MR) is 143 cm³/mol. The normalized spacial score (nSPS) is 24.2. The molecule has 4 aromatic heterocycles. The van der Waals surface area contributed by atoms with Gasteiger partial charge < -0.3 is 14.0 Å². The molecule has 0 unspecified atom stereocenters. The number of hydrogen-bond acceptors (Lipinski definition) is 8. The Bertz CT molecular complexity index is 1560. The number of pyridine rings is 1. The van der Waals surface area contributed by atoms with Crippen molar-refractivity contribution < 1.29 is 14.0 Å². The Balaban J connectivity index is 1.04. The Morgan fingerprint density at radius 3 is 2.49 bits per heavy atom. The van der Waals surface area contributed by atoms with Gasteiger partial charge in [-0.3, -0.25) is 4.98 Å². The van der Waals surface area contributed by atoms with Gasteiger partial charge in [-0.2, -0.15) is 9.78 Å². The van der Waals surface area contributed by atoms with E-state index in [2.05, 4.69) is 26.3 Å². The average molecular weight is 565 g/mol. The molecule has 4 aromatic rings. The van der Waals surface area contributed by atoms with Gasteiger partial charge in [-0.05, 0) is 57.4 Å². The van der Waals surface area contributed by atoms with Crippen LogP contribution in [0.2, 0.25) is 10.0 Å². The van der Waals surface area contributed by atoms with E-state index in [0.717, 1.165) is 62.7 Å². The zero-order valence-corrected chi connectivity index (χ0v) is 22.7. The molecule has 0 spiro atoms. The van der Waals surface area contributed by atoms with E-state index in [1.807, 2.05) is 12.1 Å². The van der Waals surface area contributed by atoms with Crippen LogP contribution in [0.5, 0.6) is 5.88 Å². The second kappa shape index (κ2) is 9.47. The maximum absolute atomic E-state index is 9.28. The maximum atomic E-state index is 9.28. The van der Waals surface area contributed by atoms with Crippen LogP contribution in [0.3, 0.4) is 0 Å². The zero-order chi connectivity index (χ0) is 26.6. The molecule has 0 aromatic carbocycles. The molecule has 0 radical (unpaired) electrons. The Kier molecular flexibility index (Phi) is 6.03. The summed E-state index contributed by atoms with van der Waals surface area (Å²) < 4.78 is 20.2. The molecule has 4 aliphatic rings. The highest BCUT2D eigenvalue weighted by Crippen LogP contribution is 2.55. The van der Waals surface area contributed by atoms with E-state index in [1.54, 1.807) is 12.4 Å². The Hall–Kier alpha value is -3.19. The van der Waals surface area contributed by atoms with Gasteiger partial charge in [-0.15, -0.1) is 5.10 Å². The van der Waals surface area contributed by atoms with Crippen LogP contribution in [0.25, 0.3) is 16.9 Å². The summed E-state index contributed by atoms with van der Waals surface area (Å²) in [6.45, 7) is 1.01. The minimum atomic E-state index is -0.168. The molecule has 200 valence electrons. The second-order valence-corrected chi connectivity index (χ2v) is 11.9. The number of hydrogen-bond donors (Lipinski definition) is 0. The number of aromatic nitrogens is 5. The number of halogens is 2. The summed E-state index contributed by atoms with van der Waals surface area (Å²) in [5, 5.41) is 19.0. The minimum Gasteiger partial charge on any atom is -0.476 e. The molecule has 4 aliphatic carbocycles. The first-order valence-corrected chi connectivity index (χ1v) is 14.0. The minimum absolute atomic E-state index is 0.106. The summed E-state index contributed by atoms with van der Waals surface area (Å²) in [5.74, 6) is 1.77. The Morgan fingerprint density at radius 1 is 1.05 bits per heavy atom. The van der Waals surface area contributed by atoms with E-state index >= 15 is 0 Å². The van der Waals surface area contributed by atoms with E-state index in [0.29, 0.717) is 57.7 Å². The summed E-state index contributed by atoms with van der Waals surface area (Å²) in [4.78, 5) is 8.27. The van der Waals surface area contributed by atoms with Crippen LogP contribution >= 0.6 is 23.2 Å². The monoisotopic (exact) mass is 564 g/mol. The van der Waals surface area contributed by atoms with Crippen molar-refractivity contribution in [1.29, 1.82) is 5.26 Å². The van der Waals surface area contributed by atoms with Crippen molar-refractivity contribution in [2.45, 2.75) is 69.5 Å². The van der Waals surface area contributed by atoms with Crippen molar-refractivity contribution in [3.8, 4) is 23.2 Å². The molecule has 4 saturated carbocycles. The third-order valence-corrected chi connectivity index (χ3v) is 9.26. The lowest BCUT2D eigenvalue weighted by molar-refractivity contribution is -0.150. The molecule has 9 nitrogen and oxygen atoms in total. The van der Waals surface area contributed by atoms with Crippen molar-refractivity contribution in [3.05, 3.63) is 57.8 Å². The fraction of sp³-hybridized carbons (Fsp3) is 0.464. The lowest BCUT2D eigenvalue weighted by atomic mass is 9.59. The quantitative estimate of drug-likeness (QED) is 0.237. The van der Waals surface area contributed by atoms with Gasteiger partial charge in [-0.1, -0.05) is 28.4 Å². The van der Waals surface area contributed by atoms with Gasteiger partial charge in [0.15, 0.2) is 11.3 Å². The van der Waals surface area contributed by atoms with Crippen LogP contribution in [0.1, 0.15) is 74.3 Å². The molecular weight excluding hydrogens is 539 g/mol. The van der Waals surface area contributed by atoms with Gasteiger partial charge in [0, 0.05) is 40.9 Å². The molecule has 0 saturated heterocycles. The van der Waals surface area contributed by atoms with Gasteiger partial charge in [0.1, 0.15) is 17.5 Å². The van der Waals surface area contributed by atoms with Crippen LogP contribution in [0.15, 0.2) is 35.2 Å². The number of nitriles is 1. The molecule has 39 heavy (non-hydrogen) atoms. The summed E-state index contributed by atoms with van der Waals surface area (Å²) in [5.41, 5.74) is 3.21. The van der Waals surface area contributed by atoms with Gasteiger partial charge in [0.2, 0.25) is 5.88 Å². The van der Waals surface area contributed by atoms with E-state index < -0.39 is 0 Å². The third kappa shape index (κ3) is 4.45. The maximum Gasteiger partial charge on any atom is 0.231 e. The lowest BCUT2D eigenvalue weighted by Gasteiger charge is -2.52. The average Bonchev–Trinajstić information content (AvgIpc) is 3.59. The number of fused-ring (bicyclic) bond motifs is 4. The summed E-state index contributed by atoms with van der Waals surface area (Å²) in [7, 11) is 0. The topological polar surface area (TPSA) is 111 Å². The number of rotatable bonds is 8. The first-order valence-electron chi connectivity index (χ1n) is 13.3. The molecule has 11 heteroatoms. The second-order valence-electron chi connectivity index (χ2n) is 11.1. The van der Waals surface area contributed by atoms with Gasteiger partial charge in [-0.25, -0.2) is 4.98 Å². The van der Waals surface area contributed by atoms with Crippen molar-refractivity contribution in [1.82, 2.24) is 24.7 Å². The highest BCUT2D eigenvalue weighted by atomic mass is 35.5. The Labute approximate surface area is 235 Å². The summed E-state index contributed by atoms with van der Waals surface area (Å²) in [6.07, 6.45) is 12.8. The van der Waals surface area contributed by atoms with E-state index in [-0.39, 0.29) is 11.0 Å². The Morgan fingerprint density at radius 2 is 1.79 bits per heavy atom. The molecule has 0 amide bonds. The van der Waals surface area contributed by atoms with Crippen molar-refractivity contribution in [2.24, 2.45) is 5.41 Å².